The molecule has 1 unspecified atom stereocenters. The Bertz CT molecular complexity index is 315. The molecule has 0 saturated carbocycles. The molecule has 1 N–H and O–H groups in total. The van der Waals surface area contributed by atoms with Crippen molar-refractivity contribution in [2.24, 2.45) is 13.0 Å². The molecule has 0 aromatic carbocycles. The molecule has 1 atom stereocenters. The van der Waals surface area contributed by atoms with Gasteiger partial charge >= 0.3 is 0 Å². The quantitative estimate of drug-likeness (QED) is 0.797. The van der Waals surface area contributed by atoms with Crippen molar-refractivity contribution in [3.8, 4) is 0 Å². The fourth-order valence-corrected chi connectivity index (χ4v) is 1.56. The third-order valence-electron chi connectivity index (χ3n) is 2.84. The Morgan fingerprint density at radius 2 is 1.93 bits per heavy atom. The van der Waals surface area contributed by atoms with E-state index in [9.17, 15) is 5.11 Å². The summed E-state index contributed by atoms with van der Waals surface area (Å²) in [5, 5.41) is 14.1. The Kier molecular flexibility index (Phi) is 3.32. The molecule has 0 bridgehead atoms. The number of hydrogen-bond acceptors (Lipinski definition) is 2. The first-order valence-corrected chi connectivity index (χ1v) is 5.10. The van der Waals surface area contributed by atoms with Gasteiger partial charge in [0, 0.05) is 19.2 Å². The second-order valence-corrected chi connectivity index (χ2v) is 4.29. The summed E-state index contributed by atoms with van der Waals surface area (Å²) in [6.07, 6.45) is 0.444. The average Bonchev–Trinajstić information content (AvgIpc) is 2.32. The SMILES string of the molecule is Cc1nn(C)c(C)c1CC(O)C(C)C. The maximum Gasteiger partial charge on any atom is 0.0629 e. The zero-order valence-electron chi connectivity index (χ0n) is 9.70. The van der Waals surface area contributed by atoms with Crippen molar-refractivity contribution in [2.75, 3.05) is 0 Å². The smallest absolute Gasteiger partial charge is 0.0629 e. The van der Waals surface area contributed by atoms with Gasteiger partial charge in [0.2, 0.25) is 0 Å². The Labute approximate surface area is 85.8 Å². The van der Waals surface area contributed by atoms with Gasteiger partial charge in [0.25, 0.3) is 0 Å². The number of aryl methyl sites for hydroxylation is 2. The van der Waals surface area contributed by atoms with Crippen molar-refractivity contribution in [1.29, 1.82) is 0 Å². The van der Waals surface area contributed by atoms with Gasteiger partial charge in [0.1, 0.15) is 0 Å². The number of aromatic nitrogens is 2. The summed E-state index contributed by atoms with van der Waals surface area (Å²) in [5.41, 5.74) is 3.38. The van der Waals surface area contributed by atoms with Crippen LogP contribution in [0, 0.1) is 19.8 Å². The molecule has 1 rings (SSSR count). The zero-order chi connectivity index (χ0) is 10.9. The third kappa shape index (κ3) is 2.15. The van der Waals surface area contributed by atoms with Crippen molar-refractivity contribution in [3.63, 3.8) is 0 Å². The summed E-state index contributed by atoms with van der Waals surface area (Å²) >= 11 is 0. The van der Waals surface area contributed by atoms with Crippen molar-refractivity contribution < 1.29 is 5.11 Å². The maximum absolute atomic E-state index is 9.80. The summed E-state index contributed by atoms with van der Waals surface area (Å²) in [5.74, 6) is 0.300. The Morgan fingerprint density at radius 1 is 1.36 bits per heavy atom. The molecular weight excluding hydrogens is 176 g/mol. The van der Waals surface area contributed by atoms with Gasteiger partial charge in [-0.15, -0.1) is 0 Å². The van der Waals surface area contributed by atoms with E-state index in [2.05, 4.69) is 5.10 Å². The molecule has 1 aromatic rings. The third-order valence-corrected chi connectivity index (χ3v) is 2.84. The minimum absolute atomic E-state index is 0.267. The average molecular weight is 196 g/mol. The molecule has 0 fully saturated rings. The molecule has 0 amide bonds. The first kappa shape index (κ1) is 11.2. The first-order chi connectivity index (χ1) is 6.43. The molecular formula is C11H20N2O. The summed E-state index contributed by atoms with van der Waals surface area (Å²) in [6, 6.07) is 0. The number of aliphatic hydroxyl groups excluding tert-OH is 1. The van der Waals surface area contributed by atoms with E-state index >= 15 is 0 Å². The fraction of sp³-hybridized carbons (Fsp3) is 0.727. The summed E-state index contributed by atoms with van der Waals surface area (Å²) in [4.78, 5) is 0. The van der Waals surface area contributed by atoms with Crippen LogP contribution in [0.5, 0.6) is 0 Å². The normalized spacial score (nSPS) is 13.6. The van der Waals surface area contributed by atoms with E-state index in [-0.39, 0.29) is 6.10 Å². The van der Waals surface area contributed by atoms with E-state index in [0.29, 0.717) is 12.3 Å². The minimum atomic E-state index is -0.267. The van der Waals surface area contributed by atoms with Crippen LogP contribution < -0.4 is 0 Å². The van der Waals surface area contributed by atoms with Crippen LogP contribution in [0.3, 0.4) is 0 Å². The predicted molar refractivity (Wildman–Crippen MR) is 57.2 cm³/mol. The Morgan fingerprint density at radius 3 is 2.29 bits per heavy atom. The first-order valence-electron chi connectivity index (χ1n) is 5.10. The van der Waals surface area contributed by atoms with Crippen LogP contribution in [0.25, 0.3) is 0 Å². The molecule has 14 heavy (non-hydrogen) atoms. The molecule has 0 spiro atoms. The maximum atomic E-state index is 9.80. The number of rotatable bonds is 3. The minimum Gasteiger partial charge on any atom is -0.393 e. The van der Waals surface area contributed by atoms with Gasteiger partial charge in [0.05, 0.1) is 11.8 Å². The van der Waals surface area contributed by atoms with Gasteiger partial charge < -0.3 is 5.11 Å². The second-order valence-electron chi connectivity index (χ2n) is 4.29. The van der Waals surface area contributed by atoms with Crippen molar-refractivity contribution in [3.05, 3.63) is 17.0 Å². The van der Waals surface area contributed by atoms with Gasteiger partial charge in [0.15, 0.2) is 0 Å². The van der Waals surface area contributed by atoms with E-state index in [0.717, 1.165) is 11.4 Å². The van der Waals surface area contributed by atoms with Gasteiger partial charge in [-0.25, -0.2) is 0 Å². The highest BCUT2D eigenvalue weighted by Gasteiger charge is 2.16. The van der Waals surface area contributed by atoms with Crippen LogP contribution in [0.2, 0.25) is 0 Å². The van der Waals surface area contributed by atoms with Gasteiger partial charge in [-0.05, 0) is 25.3 Å². The van der Waals surface area contributed by atoms with E-state index in [1.54, 1.807) is 0 Å². The van der Waals surface area contributed by atoms with Crippen LogP contribution >= 0.6 is 0 Å². The van der Waals surface area contributed by atoms with Crippen LogP contribution in [-0.4, -0.2) is 21.0 Å². The number of aliphatic hydroxyl groups is 1. The van der Waals surface area contributed by atoms with Crippen LogP contribution in [-0.2, 0) is 13.5 Å². The van der Waals surface area contributed by atoms with Crippen LogP contribution in [0.4, 0.5) is 0 Å². The summed E-state index contributed by atoms with van der Waals surface area (Å²) in [7, 11) is 1.94. The molecule has 3 heteroatoms. The van der Waals surface area contributed by atoms with Gasteiger partial charge in [-0.1, -0.05) is 13.8 Å². The van der Waals surface area contributed by atoms with E-state index < -0.39 is 0 Å². The Hall–Kier alpha value is -0.830. The lowest BCUT2D eigenvalue weighted by molar-refractivity contribution is 0.125. The molecule has 3 nitrogen and oxygen atoms in total. The largest absolute Gasteiger partial charge is 0.393 e. The lowest BCUT2D eigenvalue weighted by Gasteiger charge is -2.14. The highest BCUT2D eigenvalue weighted by atomic mass is 16.3. The zero-order valence-corrected chi connectivity index (χ0v) is 9.70. The van der Waals surface area contributed by atoms with Crippen molar-refractivity contribution in [2.45, 2.75) is 40.2 Å². The molecule has 0 aliphatic rings. The summed E-state index contributed by atoms with van der Waals surface area (Å²) < 4.78 is 1.87. The van der Waals surface area contributed by atoms with Gasteiger partial charge in [-0.2, -0.15) is 5.10 Å². The van der Waals surface area contributed by atoms with Crippen LogP contribution in [0.15, 0.2) is 0 Å². The Balaban J connectivity index is 2.86. The standard InChI is InChI=1S/C11H20N2O/c1-7(2)11(14)6-10-8(3)12-13(5)9(10)4/h7,11,14H,6H2,1-5H3. The fourth-order valence-electron chi connectivity index (χ4n) is 1.56. The molecule has 0 saturated heterocycles. The number of nitrogens with zero attached hydrogens (tertiary/aromatic N) is 2. The lowest BCUT2D eigenvalue weighted by atomic mass is 9.98. The monoisotopic (exact) mass is 196 g/mol. The molecule has 0 radical (unpaired) electrons. The highest BCUT2D eigenvalue weighted by Crippen LogP contribution is 2.16. The molecule has 1 heterocycles. The van der Waals surface area contributed by atoms with Gasteiger partial charge in [-0.3, -0.25) is 4.68 Å². The van der Waals surface area contributed by atoms with Crippen molar-refractivity contribution >= 4 is 0 Å². The highest BCUT2D eigenvalue weighted by molar-refractivity contribution is 5.25. The van der Waals surface area contributed by atoms with E-state index in [4.69, 9.17) is 0 Å². The lowest BCUT2D eigenvalue weighted by Crippen LogP contribution is -2.18. The van der Waals surface area contributed by atoms with Crippen LogP contribution in [0.1, 0.15) is 30.8 Å². The van der Waals surface area contributed by atoms with E-state index in [1.807, 2.05) is 39.4 Å². The topological polar surface area (TPSA) is 38.0 Å². The molecule has 1 aromatic heterocycles. The molecule has 0 aliphatic carbocycles. The number of hydrogen-bond donors (Lipinski definition) is 1. The second kappa shape index (κ2) is 4.13. The van der Waals surface area contributed by atoms with Crippen molar-refractivity contribution in [1.82, 2.24) is 9.78 Å². The predicted octanol–water partition coefficient (Wildman–Crippen LogP) is 1.60. The van der Waals surface area contributed by atoms with E-state index in [1.165, 1.54) is 5.56 Å². The molecule has 80 valence electrons. The molecule has 0 aliphatic heterocycles. The summed E-state index contributed by atoms with van der Waals surface area (Å²) in [6.45, 7) is 8.11.